The van der Waals surface area contributed by atoms with Gasteiger partial charge in [0.1, 0.15) is 6.61 Å². The number of allylic oxidation sites excluding steroid dienone is 2. The molecule has 1 fully saturated rings. The van der Waals surface area contributed by atoms with E-state index >= 15 is 0 Å². The molecule has 1 aliphatic heterocycles. The van der Waals surface area contributed by atoms with E-state index in [1.54, 1.807) is 23.1 Å². The Kier molecular flexibility index (Phi) is 9.94. The molecule has 1 aliphatic rings. The molecule has 2 rings (SSSR count). The van der Waals surface area contributed by atoms with Crippen molar-refractivity contribution in [3.8, 4) is 0 Å². The van der Waals surface area contributed by atoms with E-state index in [0.29, 0.717) is 39.0 Å². The van der Waals surface area contributed by atoms with E-state index in [1.807, 2.05) is 13.8 Å². The van der Waals surface area contributed by atoms with Crippen LogP contribution in [0.3, 0.4) is 0 Å². The van der Waals surface area contributed by atoms with E-state index < -0.39 is 18.4 Å². The number of carboxylic acid groups (broad SMARTS) is 1. The zero-order chi connectivity index (χ0) is 26.1. The number of alkyl halides is 3. The third kappa shape index (κ3) is 9.48. The number of benzene rings is 1. The third-order valence-corrected chi connectivity index (χ3v) is 5.69. The van der Waals surface area contributed by atoms with Crippen molar-refractivity contribution in [1.82, 2.24) is 9.80 Å². The second kappa shape index (κ2) is 12.4. The molecule has 192 valence electrons. The zero-order valence-electron chi connectivity index (χ0n) is 19.9. The molecule has 1 heterocycles. The molecule has 0 spiro atoms. The van der Waals surface area contributed by atoms with Gasteiger partial charge in [0.05, 0.1) is 11.8 Å². The predicted octanol–water partition coefficient (Wildman–Crippen LogP) is 5.22. The minimum atomic E-state index is -4.72. The molecule has 1 aromatic carbocycles. The molecule has 0 bridgehead atoms. The Morgan fingerprint density at radius 2 is 2.03 bits per heavy atom. The minimum absolute atomic E-state index is 0.177. The van der Waals surface area contributed by atoms with Gasteiger partial charge in [0.15, 0.2) is 0 Å². The van der Waals surface area contributed by atoms with Crippen LogP contribution in [0.5, 0.6) is 0 Å². The number of hydrogen-bond donors (Lipinski definition) is 1. The van der Waals surface area contributed by atoms with Crippen LogP contribution in [0.25, 0.3) is 0 Å². The van der Waals surface area contributed by atoms with E-state index in [9.17, 15) is 22.8 Å². The fourth-order valence-corrected chi connectivity index (χ4v) is 3.64. The number of cyclic esters (lactones) is 1. The SMILES string of the molecule is C=C/C(=C\C=C/OC(F)(F)F)CN(CC)CCC1(C)COC(=O)N(Cc2ccc(C(=O)O)cc2)C1. The van der Waals surface area contributed by atoms with Crippen molar-refractivity contribution in [3.63, 3.8) is 0 Å². The molecular weight excluding hydrogens is 465 g/mol. The number of amides is 1. The van der Waals surface area contributed by atoms with Gasteiger partial charge in [-0.25, -0.2) is 9.59 Å². The lowest BCUT2D eigenvalue weighted by atomic mass is 9.85. The second-order valence-corrected chi connectivity index (χ2v) is 8.68. The highest BCUT2D eigenvalue weighted by atomic mass is 19.4. The fraction of sp³-hybridized carbons (Fsp3) is 0.440. The summed E-state index contributed by atoms with van der Waals surface area (Å²) in [5.41, 5.74) is 1.41. The molecule has 0 aliphatic carbocycles. The number of carbonyl (C=O) groups excluding carboxylic acids is 1. The Morgan fingerprint density at radius 3 is 2.60 bits per heavy atom. The summed E-state index contributed by atoms with van der Waals surface area (Å²) in [4.78, 5) is 27.1. The summed E-state index contributed by atoms with van der Waals surface area (Å²) in [6.07, 6.45) is 0.456. The van der Waals surface area contributed by atoms with Crippen LogP contribution < -0.4 is 0 Å². The number of aromatic carboxylic acids is 1. The van der Waals surface area contributed by atoms with Crippen LogP contribution in [0, 0.1) is 5.41 Å². The molecular formula is C25H31F3N2O5. The van der Waals surface area contributed by atoms with E-state index in [2.05, 4.69) is 16.2 Å². The van der Waals surface area contributed by atoms with Crippen LogP contribution in [0.15, 0.2) is 60.9 Å². The molecule has 1 N–H and O–H groups in total. The highest BCUT2D eigenvalue weighted by molar-refractivity contribution is 5.87. The van der Waals surface area contributed by atoms with Crippen molar-refractivity contribution >= 4 is 12.1 Å². The van der Waals surface area contributed by atoms with E-state index in [1.165, 1.54) is 24.3 Å². The Morgan fingerprint density at radius 1 is 1.34 bits per heavy atom. The summed E-state index contributed by atoms with van der Waals surface area (Å²) in [6, 6.07) is 6.36. The smallest absolute Gasteiger partial charge is 0.478 e. The van der Waals surface area contributed by atoms with Crippen molar-refractivity contribution in [2.45, 2.75) is 33.2 Å². The Labute approximate surface area is 203 Å². The average molecular weight is 497 g/mol. The number of halogens is 3. The van der Waals surface area contributed by atoms with Gasteiger partial charge < -0.3 is 19.5 Å². The molecule has 0 aromatic heterocycles. The van der Waals surface area contributed by atoms with Gasteiger partial charge in [0, 0.05) is 25.0 Å². The van der Waals surface area contributed by atoms with Gasteiger partial charge in [-0.3, -0.25) is 4.90 Å². The van der Waals surface area contributed by atoms with Gasteiger partial charge >= 0.3 is 18.4 Å². The molecule has 1 saturated heterocycles. The molecule has 0 saturated carbocycles. The fourth-order valence-electron chi connectivity index (χ4n) is 3.64. The van der Waals surface area contributed by atoms with Crippen molar-refractivity contribution in [1.29, 1.82) is 0 Å². The lowest BCUT2D eigenvalue weighted by molar-refractivity contribution is -0.298. The summed E-state index contributed by atoms with van der Waals surface area (Å²) in [6.45, 7) is 10.7. The molecule has 0 radical (unpaired) electrons. The van der Waals surface area contributed by atoms with Crippen LogP contribution in [0.4, 0.5) is 18.0 Å². The first-order valence-corrected chi connectivity index (χ1v) is 11.1. The highest BCUT2D eigenvalue weighted by Gasteiger charge is 2.36. The number of rotatable bonds is 12. The van der Waals surface area contributed by atoms with Gasteiger partial charge in [-0.05, 0) is 48.9 Å². The topological polar surface area (TPSA) is 79.3 Å². The normalized spacial score (nSPS) is 19.2. The molecule has 7 nitrogen and oxygen atoms in total. The molecule has 1 atom stereocenters. The summed E-state index contributed by atoms with van der Waals surface area (Å²) in [5, 5.41) is 9.04. The standard InChI is InChI=1S/C25H31F3N2O5/c1-4-19(7-6-14-35-25(26,27)28)15-29(5-2)13-12-24(3)17-30(23(33)34-18-24)16-20-8-10-21(11-9-20)22(31)32/h4,6-11,14H,1,5,12-13,15-18H2,2-3H3,(H,31,32)/b14-6-,19-7+. The van der Waals surface area contributed by atoms with Gasteiger partial charge in [-0.2, -0.15) is 0 Å². The summed E-state index contributed by atoms with van der Waals surface area (Å²) < 4.78 is 45.3. The maximum absolute atomic E-state index is 12.3. The molecule has 10 heteroatoms. The summed E-state index contributed by atoms with van der Waals surface area (Å²) in [7, 11) is 0. The predicted molar refractivity (Wildman–Crippen MR) is 125 cm³/mol. The van der Waals surface area contributed by atoms with E-state index in [4.69, 9.17) is 9.84 Å². The summed E-state index contributed by atoms with van der Waals surface area (Å²) in [5.74, 6) is -1.01. The number of ether oxygens (including phenoxy) is 2. The molecule has 1 amide bonds. The van der Waals surface area contributed by atoms with Gasteiger partial charge in [0.2, 0.25) is 0 Å². The van der Waals surface area contributed by atoms with Crippen molar-refractivity contribution in [2.75, 3.05) is 32.8 Å². The van der Waals surface area contributed by atoms with Crippen molar-refractivity contribution in [2.24, 2.45) is 5.41 Å². The third-order valence-electron chi connectivity index (χ3n) is 5.69. The quantitative estimate of drug-likeness (QED) is 0.316. The Hall–Kier alpha value is -3.27. The largest absolute Gasteiger partial charge is 0.572 e. The number of likely N-dealkylation sites (N-methyl/N-ethyl adjacent to an activating group) is 1. The van der Waals surface area contributed by atoms with Crippen molar-refractivity contribution < 1.29 is 37.3 Å². The van der Waals surface area contributed by atoms with Crippen molar-refractivity contribution in [3.05, 3.63) is 72.0 Å². The number of carboxylic acids is 1. The van der Waals surface area contributed by atoms with Crippen LogP contribution in [-0.4, -0.2) is 66.1 Å². The van der Waals surface area contributed by atoms with Gasteiger partial charge in [0.25, 0.3) is 0 Å². The number of nitrogens with zero attached hydrogens (tertiary/aromatic N) is 2. The lowest BCUT2D eigenvalue weighted by Crippen LogP contribution is -2.49. The first-order valence-electron chi connectivity index (χ1n) is 11.1. The lowest BCUT2D eigenvalue weighted by Gasteiger charge is -2.40. The van der Waals surface area contributed by atoms with Crippen LogP contribution in [-0.2, 0) is 16.0 Å². The second-order valence-electron chi connectivity index (χ2n) is 8.68. The molecule has 1 unspecified atom stereocenters. The van der Waals surface area contributed by atoms with Crippen LogP contribution in [0.2, 0.25) is 0 Å². The van der Waals surface area contributed by atoms with Crippen LogP contribution >= 0.6 is 0 Å². The van der Waals surface area contributed by atoms with Crippen LogP contribution in [0.1, 0.15) is 36.2 Å². The first kappa shape index (κ1) is 28.0. The van der Waals surface area contributed by atoms with E-state index in [-0.39, 0.29) is 17.6 Å². The van der Waals surface area contributed by atoms with Gasteiger partial charge in [-0.15, -0.1) is 13.2 Å². The maximum Gasteiger partial charge on any atom is 0.572 e. The highest BCUT2D eigenvalue weighted by Crippen LogP contribution is 2.29. The average Bonchev–Trinajstić information content (AvgIpc) is 2.80. The maximum atomic E-state index is 12.3. The van der Waals surface area contributed by atoms with Gasteiger partial charge in [-0.1, -0.05) is 44.7 Å². The monoisotopic (exact) mass is 496 g/mol. The Bertz CT molecular complexity index is 943. The Balaban J connectivity index is 1.95. The first-order chi connectivity index (χ1) is 16.4. The summed E-state index contributed by atoms with van der Waals surface area (Å²) >= 11 is 0. The number of hydrogen-bond acceptors (Lipinski definition) is 5. The number of carbonyl (C=O) groups is 2. The molecule has 35 heavy (non-hydrogen) atoms. The minimum Gasteiger partial charge on any atom is -0.478 e. The van der Waals surface area contributed by atoms with E-state index in [0.717, 1.165) is 17.6 Å². The zero-order valence-corrected chi connectivity index (χ0v) is 19.9. The molecule has 1 aromatic rings.